The molecule has 0 bridgehead atoms. The Hall–Kier alpha value is -1.22. The van der Waals surface area contributed by atoms with Gasteiger partial charge >= 0.3 is 0 Å². The van der Waals surface area contributed by atoms with Crippen molar-refractivity contribution in [2.75, 3.05) is 13.1 Å². The number of hydrogen-bond donors (Lipinski definition) is 0. The van der Waals surface area contributed by atoms with Gasteiger partial charge < -0.3 is 0 Å². The highest BCUT2D eigenvalue weighted by atomic mass is 19.1. The van der Waals surface area contributed by atoms with Crippen LogP contribution in [0, 0.1) is 11.7 Å². The molecular weight excluding hydrogens is 241 g/mol. The predicted molar refractivity (Wildman–Crippen MR) is 76.7 cm³/mol. The molecule has 0 amide bonds. The number of nitrogens with zero attached hydrogens (tertiary/aromatic N) is 1. The van der Waals surface area contributed by atoms with Gasteiger partial charge in [-0.25, -0.2) is 4.39 Å². The third-order valence-electron chi connectivity index (χ3n) is 3.02. The van der Waals surface area contributed by atoms with Gasteiger partial charge in [0.2, 0.25) is 0 Å². The van der Waals surface area contributed by atoms with Gasteiger partial charge in [0, 0.05) is 19.0 Å². The van der Waals surface area contributed by atoms with Crippen molar-refractivity contribution in [1.29, 1.82) is 0 Å². The first-order chi connectivity index (χ1) is 8.88. The summed E-state index contributed by atoms with van der Waals surface area (Å²) in [5, 5.41) is 0. The molecule has 0 unspecified atom stereocenters. The molecule has 0 spiro atoms. The van der Waals surface area contributed by atoms with E-state index in [0.717, 1.165) is 12.1 Å². The molecule has 0 saturated heterocycles. The molecule has 1 aromatic carbocycles. The van der Waals surface area contributed by atoms with E-state index < -0.39 is 0 Å². The molecule has 0 heterocycles. The van der Waals surface area contributed by atoms with Gasteiger partial charge in [0.15, 0.2) is 5.78 Å². The first-order valence-electron chi connectivity index (χ1n) is 6.88. The number of rotatable bonds is 7. The zero-order valence-electron chi connectivity index (χ0n) is 12.3. The monoisotopic (exact) mass is 265 g/mol. The third kappa shape index (κ3) is 5.97. The van der Waals surface area contributed by atoms with E-state index in [1.165, 1.54) is 12.1 Å². The van der Waals surface area contributed by atoms with Gasteiger partial charge in [-0.15, -0.1) is 0 Å². The molecule has 0 atom stereocenters. The summed E-state index contributed by atoms with van der Waals surface area (Å²) in [5.74, 6) is 0.460. The maximum Gasteiger partial charge on any atom is 0.151 e. The Labute approximate surface area is 115 Å². The third-order valence-corrected chi connectivity index (χ3v) is 3.02. The van der Waals surface area contributed by atoms with Gasteiger partial charge in [-0.1, -0.05) is 26.0 Å². The van der Waals surface area contributed by atoms with Crippen molar-refractivity contribution >= 4 is 5.78 Å². The van der Waals surface area contributed by atoms with Crippen LogP contribution in [0.5, 0.6) is 0 Å². The molecule has 19 heavy (non-hydrogen) atoms. The number of hydrogen-bond acceptors (Lipinski definition) is 2. The van der Waals surface area contributed by atoms with E-state index in [0.29, 0.717) is 24.9 Å². The van der Waals surface area contributed by atoms with Gasteiger partial charge in [-0.3, -0.25) is 9.69 Å². The fraction of sp³-hybridized carbons (Fsp3) is 0.562. The van der Waals surface area contributed by atoms with E-state index in [-0.39, 0.29) is 11.6 Å². The summed E-state index contributed by atoms with van der Waals surface area (Å²) in [6.07, 6.45) is 0.377. The van der Waals surface area contributed by atoms with Crippen LogP contribution in [0.1, 0.15) is 33.3 Å². The Morgan fingerprint density at radius 3 is 2.21 bits per heavy atom. The molecule has 0 aliphatic carbocycles. The molecule has 0 aliphatic rings. The van der Waals surface area contributed by atoms with Gasteiger partial charge in [0.1, 0.15) is 5.82 Å². The average molecular weight is 265 g/mol. The van der Waals surface area contributed by atoms with E-state index in [1.54, 1.807) is 12.1 Å². The van der Waals surface area contributed by atoms with Crippen LogP contribution >= 0.6 is 0 Å². The summed E-state index contributed by atoms with van der Waals surface area (Å²) >= 11 is 0. The minimum atomic E-state index is -0.264. The largest absolute Gasteiger partial charge is 0.298 e. The molecule has 1 aromatic rings. The second-order valence-corrected chi connectivity index (χ2v) is 5.76. The van der Waals surface area contributed by atoms with E-state index in [4.69, 9.17) is 0 Å². The van der Waals surface area contributed by atoms with E-state index in [9.17, 15) is 9.18 Å². The van der Waals surface area contributed by atoms with Crippen molar-refractivity contribution in [1.82, 2.24) is 4.90 Å². The maximum absolute atomic E-state index is 12.8. The van der Waals surface area contributed by atoms with Crippen molar-refractivity contribution in [2.24, 2.45) is 5.92 Å². The summed E-state index contributed by atoms with van der Waals surface area (Å²) < 4.78 is 12.8. The second kappa shape index (κ2) is 7.39. The molecular formula is C16H24FNO. The van der Waals surface area contributed by atoms with Crippen molar-refractivity contribution in [3.05, 3.63) is 35.6 Å². The standard InChI is InChI=1S/C16H24FNO/c1-12(2)10-18(13(3)4)11-16(19)9-14-5-7-15(17)8-6-14/h5-8,12-13H,9-11H2,1-4H3. The van der Waals surface area contributed by atoms with Gasteiger partial charge in [0.25, 0.3) is 0 Å². The van der Waals surface area contributed by atoms with Crippen molar-refractivity contribution in [2.45, 2.75) is 40.2 Å². The molecule has 0 saturated carbocycles. The normalized spacial score (nSPS) is 11.6. The molecule has 0 fully saturated rings. The topological polar surface area (TPSA) is 20.3 Å². The lowest BCUT2D eigenvalue weighted by atomic mass is 10.1. The highest BCUT2D eigenvalue weighted by Gasteiger charge is 2.15. The Morgan fingerprint density at radius 1 is 1.16 bits per heavy atom. The Balaban J connectivity index is 2.55. The zero-order chi connectivity index (χ0) is 14.4. The fourth-order valence-corrected chi connectivity index (χ4v) is 2.04. The van der Waals surface area contributed by atoms with Crippen molar-refractivity contribution in [3.63, 3.8) is 0 Å². The Kier molecular flexibility index (Phi) is 6.16. The summed E-state index contributed by atoms with van der Waals surface area (Å²) in [5.41, 5.74) is 0.875. The van der Waals surface area contributed by atoms with Crippen LogP contribution in [-0.4, -0.2) is 29.8 Å². The van der Waals surface area contributed by atoms with Crippen LogP contribution in [0.15, 0.2) is 24.3 Å². The molecule has 0 aromatic heterocycles. The summed E-state index contributed by atoms with van der Waals surface area (Å²) in [4.78, 5) is 14.2. The van der Waals surface area contributed by atoms with E-state index >= 15 is 0 Å². The average Bonchev–Trinajstić information content (AvgIpc) is 2.30. The van der Waals surface area contributed by atoms with Gasteiger partial charge in [-0.05, 0) is 37.5 Å². The summed E-state index contributed by atoms with van der Waals surface area (Å²) in [6, 6.07) is 6.51. The number of halogens is 1. The molecule has 1 rings (SSSR count). The van der Waals surface area contributed by atoms with E-state index in [2.05, 4.69) is 32.6 Å². The molecule has 0 aliphatic heterocycles. The predicted octanol–water partition coefficient (Wildman–Crippen LogP) is 3.30. The first-order valence-corrected chi connectivity index (χ1v) is 6.88. The van der Waals surface area contributed by atoms with E-state index in [1.807, 2.05) is 0 Å². The SMILES string of the molecule is CC(C)CN(CC(=O)Cc1ccc(F)cc1)C(C)C. The first kappa shape index (κ1) is 15.8. The minimum Gasteiger partial charge on any atom is -0.298 e. The highest BCUT2D eigenvalue weighted by Crippen LogP contribution is 2.07. The van der Waals surface area contributed by atoms with Crippen LogP contribution in [0.25, 0.3) is 0 Å². The fourth-order valence-electron chi connectivity index (χ4n) is 2.04. The molecule has 0 radical (unpaired) electrons. The zero-order valence-corrected chi connectivity index (χ0v) is 12.3. The lowest BCUT2D eigenvalue weighted by molar-refractivity contribution is -0.120. The Morgan fingerprint density at radius 2 is 1.74 bits per heavy atom. The number of carbonyl (C=O) groups is 1. The van der Waals surface area contributed by atoms with Crippen LogP contribution in [0.3, 0.4) is 0 Å². The second-order valence-electron chi connectivity index (χ2n) is 5.76. The quantitative estimate of drug-likeness (QED) is 0.754. The van der Waals surface area contributed by atoms with Crippen LogP contribution in [0.2, 0.25) is 0 Å². The van der Waals surface area contributed by atoms with Gasteiger partial charge in [-0.2, -0.15) is 0 Å². The molecule has 0 N–H and O–H groups in total. The Bertz CT molecular complexity index is 398. The summed E-state index contributed by atoms with van der Waals surface area (Å²) in [6.45, 7) is 9.90. The van der Waals surface area contributed by atoms with Crippen LogP contribution in [-0.2, 0) is 11.2 Å². The smallest absolute Gasteiger partial charge is 0.151 e. The molecule has 2 nitrogen and oxygen atoms in total. The van der Waals surface area contributed by atoms with Crippen molar-refractivity contribution in [3.8, 4) is 0 Å². The van der Waals surface area contributed by atoms with Gasteiger partial charge in [0.05, 0.1) is 6.54 Å². The number of carbonyl (C=O) groups excluding carboxylic acids is 1. The number of Topliss-reactive ketones (excluding diaryl/α,β-unsaturated/α-hetero) is 1. The van der Waals surface area contributed by atoms with Crippen LogP contribution < -0.4 is 0 Å². The molecule has 3 heteroatoms. The highest BCUT2D eigenvalue weighted by molar-refractivity contribution is 5.82. The molecule has 106 valence electrons. The lowest BCUT2D eigenvalue weighted by Crippen LogP contribution is -2.38. The van der Waals surface area contributed by atoms with Crippen molar-refractivity contribution < 1.29 is 9.18 Å². The number of benzene rings is 1. The maximum atomic E-state index is 12.8. The minimum absolute atomic E-state index is 0.181. The van der Waals surface area contributed by atoms with Crippen LogP contribution in [0.4, 0.5) is 4.39 Å². The summed E-state index contributed by atoms with van der Waals surface area (Å²) in [7, 11) is 0. The number of ketones is 1. The lowest BCUT2D eigenvalue weighted by Gasteiger charge is -2.27.